The Hall–Kier alpha value is -3.00. The number of nitrogens with zero attached hydrogens (tertiary/aromatic N) is 3. The highest BCUT2D eigenvalue weighted by molar-refractivity contribution is 5.95. The molecule has 1 saturated heterocycles. The first-order chi connectivity index (χ1) is 13.9. The van der Waals surface area contributed by atoms with Crippen LogP contribution in [0.5, 0.6) is 5.75 Å². The monoisotopic (exact) mass is 401 g/mol. The Morgan fingerprint density at radius 2 is 1.83 bits per heavy atom. The van der Waals surface area contributed by atoms with Crippen molar-refractivity contribution in [3.63, 3.8) is 0 Å². The van der Waals surface area contributed by atoms with Crippen LogP contribution >= 0.6 is 0 Å². The number of ether oxygens (including phenoxy) is 1. The lowest BCUT2D eigenvalue weighted by molar-refractivity contribution is -0.385. The van der Waals surface area contributed by atoms with E-state index in [1.165, 1.54) is 6.92 Å². The van der Waals surface area contributed by atoms with E-state index in [4.69, 9.17) is 4.74 Å². The molecule has 1 aliphatic rings. The fraction of sp³-hybridized carbons (Fsp3) is 0.381. The molecular formula is C21H24FN3O4. The predicted molar refractivity (Wildman–Crippen MR) is 107 cm³/mol. The van der Waals surface area contributed by atoms with Gasteiger partial charge in [0.2, 0.25) is 0 Å². The topological polar surface area (TPSA) is 75.9 Å². The number of nitro groups is 1. The maximum absolute atomic E-state index is 14.0. The van der Waals surface area contributed by atoms with Crippen molar-refractivity contribution < 1.29 is 18.8 Å². The Morgan fingerprint density at radius 1 is 1.17 bits per heavy atom. The minimum Gasteiger partial charge on any atom is -0.494 e. The fourth-order valence-corrected chi connectivity index (χ4v) is 3.39. The maximum Gasteiger partial charge on any atom is 0.276 e. The van der Waals surface area contributed by atoms with Gasteiger partial charge < -0.3 is 9.64 Å². The van der Waals surface area contributed by atoms with Gasteiger partial charge in [0, 0.05) is 44.4 Å². The standard InChI is InChI=1S/C21H24FN3O4/c1-3-29-18-6-4-16(5-7-18)14-23-8-10-24(11-9-23)21(26)17-12-19(22)15(2)20(13-17)25(27)28/h4-7,12-13H,3,8-11,14H2,1-2H3. The first kappa shape index (κ1) is 20.7. The Balaban J connectivity index is 1.60. The van der Waals surface area contributed by atoms with Gasteiger partial charge in [0.25, 0.3) is 11.6 Å². The van der Waals surface area contributed by atoms with Crippen LogP contribution in [-0.4, -0.2) is 53.4 Å². The number of amides is 1. The van der Waals surface area contributed by atoms with E-state index < -0.39 is 10.7 Å². The quantitative estimate of drug-likeness (QED) is 0.548. The van der Waals surface area contributed by atoms with Gasteiger partial charge >= 0.3 is 0 Å². The molecule has 0 bridgehead atoms. The molecule has 0 unspecified atom stereocenters. The van der Waals surface area contributed by atoms with Crippen molar-refractivity contribution >= 4 is 11.6 Å². The van der Waals surface area contributed by atoms with Crippen LogP contribution in [0.15, 0.2) is 36.4 Å². The smallest absolute Gasteiger partial charge is 0.276 e. The van der Waals surface area contributed by atoms with E-state index in [0.717, 1.165) is 30.0 Å². The molecular weight excluding hydrogens is 377 g/mol. The van der Waals surface area contributed by atoms with E-state index in [1.807, 2.05) is 31.2 Å². The Kier molecular flexibility index (Phi) is 6.43. The summed E-state index contributed by atoms with van der Waals surface area (Å²) in [4.78, 5) is 27.0. The van der Waals surface area contributed by atoms with Crippen LogP contribution in [0.3, 0.4) is 0 Å². The van der Waals surface area contributed by atoms with E-state index in [-0.39, 0.29) is 22.7 Å². The van der Waals surface area contributed by atoms with Gasteiger partial charge in [-0.1, -0.05) is 12.1 Å². The Labute approximate surface area is 168 Å². The lowest BCUT2D eigenvalue weighted by atomic mass is 10.1. The Morgan fingerprint density at radius 3 is 2.41 bits per heavy atom. The lowest BCUT2D eigenvalue weighted by Crippen LogP contribution is -2.48. The van der Waals surface area contributed by atoms with E-state index in [1.54, 1.807) is 4.90 Å². The van der Waals surface area contributed by atoms with Crippen LogP contribution in [0.25, 0.3) is 0 Å². The molecule has 0 radical (unpaired) electrons. The molecule has 0 atom stereocenters. The number of halogens is 1. The number of piperazine rings is 1. The van der Waals surface area contributed by atoms with E-state index in [9.17, 15) is 19.3 Å². The average molecular weight is 401 g/mol. The van der Waals surface area contributed by atoms with Gasteiger partial charge in [-0.25, -0.2) is 4.39 Å². The van der Waals surface area contributed by atoms with E-state index in [2.05, 4.69) is 4.90 Å². The summed E-state index contributed by atoms with van der Waals surface area (Å²) in [5.41, 5.74) is 0.735. The normalized spacial score (nSPS) is 14.7. The van der Waals surface area contributed by atoms with Crippen molar-refractivity contribution in [2.45, 2.75) is 20.4 Å². The molecule has 154 valence electrons. The molecule has 0 N–H and O–H groups in total. The minimum absolute atomic E-state index is 0.0137. The zero-order chi connectivity index (χ0) is 21.0. The maximum atomic E-state index is 14.0. The molecule has 0 saturated carbocycles. The third kappa shape index (κ3) is 4.89. The molecule has 0 aliphatic carbocycles. The largest absolute Gasteiger partial charge is 0.494 e. The van der Waals surface area contributed by atoms with E-state index >= 15 is 0 Å². The van der Waals surface area contributed by atoms with Gasteiger partial charge in [0.05, 0.1) is 17.1 Å². The summed E-state index contributed by atoms with van der Waals surface area (Å²) in [5.74, 6) is -0.282. The van der Waals surface area contributed by atoms with Crippen molar-refractivity contribution in [2.75, 3.05) is 32.8 Å². The van der Waals surface area contributed by atoms with Gasteiger partial charge in [0.15, 0.2) is 0 Å². The van der Waals surface area contributed by atoms with Crippen LogP contribution in [0, 0.1) is 22.9 Å². The van der Waals surface area contributed by atoms with Gasteiger partial charge in [-0.3, -0.25) is 19.8 Å². The van der Waals surface area contributed by atoms with Crippen molar-refractivity contribution in [3.05, 3.63) is 69.0 Å². The fourth-order valence-electron chi connectivity index (χ4n) is 3.39. The summed E-state index contributed by atoms with van der Waals surface area (Å²) in [6.07, 6.45) is 0. The second-order valence-corrected chi connectivity index (χ2v) is 7.00. The number of nitro benzene ring substituents is 1. The summed E-state index contributed by atoms with van der Waals surface area (Å²) in [7, 11) is 0. The highest BCUT2D eigenvalue weighted by atomic mass is 19.1. The number of carbonyl (C=O) groups excluding carboxylic acids is 1. The number of benzene rings is 2. The molecule has 1 fully saturated rings. The van der Waals surface area contributed by atoms with Crippen LogP contribution in [0.4, 0.5) is 10.1 Å². The van der Waals surface area contributed by atoms with Gasteiger partial charge in [-0.05, 0) is 37.6 Å². The second kappa shape index (κ2) is 9.00. The second-order valence-electron chi connectivity index (χ2n) is 7.00. The third-order valence-electron chi connectivity index (χ3n) is 5.06. The predicted octanol–water partition coefficient (Wildman–Crippen LogP) is 3.40. The summed E-state index contributed by atoms with van der Waals surface area (Å²) < 4.78 is 19.5. The Bertz CT molecular complexity index is 894. The highest BCUT2D eigenvalue weighted by Crippen LogP contribution is 2.24. The highest BCUT2D eigenvalue weighted by Gasteiger charge is 2.25. The number of hydrogen-bond acceptors (Lipinski definition) is 5. The SMILES string of the molecule is CCOc1ccc(CN2CCN(C(=O)c3cc(F)c(C)c([N+](=O)[O-])c3)CC2)cc1. The zero-order valence-corrected chi connectivity index (χ0v) is 16.6. The van der Waals surface area contributed by atoms with Crippen molar-refractivity contribution in [3.8, 4) is 5.75 Å². The molecule has 2 aromatic rings. The minimum atomic E-state index is -0.739. The van der Waals surface area contributed by atoms with Gasteiger partial charge in [-0.15, -0.1) is 0 Å². The third-order valence-corrected chi connectivity index (χ3v) is 5.06. The molecule has 7 nitrogen and oxygen atoms in total. The summed E-state index contributed by atoms with van der Waals surface area (Å²) in [6.45, 7) is 6.99. The zero-order valence-electron chi connectivity index (χ0n) is 16.6. The van der Waals surface area contributed by atoms with Crippen molar-refractivity contribution in [2.24, 2.45) is 0 Å². The van der Waals surface area contributed by atoms with Gasteiger partial charge in [-0.2, -0.15) is 0 Å². The van der Waals surface area contributed by atoms with Crippen LogP contribution in [0.2, 0.25) is 0 Å². The van der Waals surface area contributed by atoms with Crippen molar-refractivity contribution in [1.82, 2.24) is 9.80 Å². The van der Waals surface area contributed by atoms with Crippen LogP contribution in [-0.2, 0) is 6.54 Å². The number of carbonyl (C=O) groups is 1. The molecule has 29 heavy (non-hydrogen) atoms. The summed E-state index contributed by atoms with van der Waals surface area (Å²) in [6, 6.07) is 10.2. The first-order valence-corrected chi connectivity index (χ1v) is 9.57. The average Bonchev–Trinajstić information content (AvgIpc) is 2.71. The van der Waals surface area contributed by atoms with E-state index in [0.29, 0.717) is 32.8 Å². The van der Waals surface area contributed by atoms with Crippen molar-refractivity contribution in [1.29, 1.82) is 0 Å². The molecule has 1 amide bonds. The molecule has 1 aliphatic heterocycles. The molecule has 2 aromatic carbocycles. The number of rotatable bonds is 6. The summed E-state index contributed by atoms with van der Waals surface area (Å²) >= 11 is 0. The summed E-state index contributed by atoms with van der Waals surface area (Å²) in [5, 5.41) is 11.1. The first-order valence-electron chi connectivity index (χ1n) is 9.57. The molecule has 8 heteroatoms. The molecule has 3 rings (SSSR count). The lowest BCUT2D eigenvalue weighted by Gasteiger charge is -2.34. The van der Waals surface area contributed by atoms with Crippen LogP contribution < -0.4 is 4.74 Å². The molecule has 0 spiro atoms. The van der Waals surface area contributed by atoms with Crippen LogP contribution in [0.1, 0.15) is 28.4 Å². The molecule has 1 heterocycles. The van der Waals surface area contributed by atoms with Gasteiger partial charge in [0.1, 0.15) is 11.6 Å². The molecule has 0 aromatic heterocycles. The number of hydrogen-bond donors (Lipinski definition) is 0.